The van der Waals surface area contributed by atoms with Crippen LogP contribution in [0.2, 0.25) is 0 Å². The first-order valence-electron chi connectivity index (χ1n) is 17.6. The van der Waals surface area contributed by atoms with E-state index in [1.165, 1.54) is 19.3 Å². The maximum Gasteiger partial charge on any atom is 0.315 e. The Balaban J connectivity index is 0.898. The van der Waals surface area contributed by atoms with Crippen molar-refractivity contribution in [3.63, 3.8) is 0 Å². The first-order valence-corrected chi connectivity index (χ1v) is 17.6. The third-order valence-corrected chi connectivity index (χ3v) is 11.6. The van der Waals surface area contributed by atoms with Crippen molar-refractivity contribution in [3.8, 4) is 0 Å². The van der Waals surface area contributed by atoms with Gasteiger partial charge in [0.25, 0.3) is 0 Å². The largest absolute Gasteiger partial charge is 0.392 e. The van der Waals surface area contributed by atoms with E-state index in [1.807, 2.05) is 12.1 Å². The van der Waals surface area contributed by atoms with Crippen molar-refractivity contribution in [3.05, 3.63) is 70.8 Å². The number of rotatable bonds is 8. The van der Waals surface area contributed by atoms with Crippen LogP contribution in [0.5, 0.6) is 0 Å². The molecule has 2 aromatic carbocycles. The second-order valence-electron chi connectivity index (χ2n) is 15.0. The number of likely N-dealkylation sites (tertiary alicyclic amines) is 1. The molecule has 3 atom stereocenters. The molecule has 2 aromatic rings. The highest BCUT2D eigenvalue weighted by Gasteiger charge is 2.51. The van der Waals surface area contributed by atoms with Crippen LogP contribution < -0.4 is 10.6 Å². The Morgan fingerprint density at radius 3 is 2.04 bits per heavy atom. The molecule has 9 rings (SSSR count). The molecule has 7 fully saturated rings. The molecule has 0 radical (unpaired) electrons. The van der Waals surface area contributed by atoms with Gasteiger partial charge in [-0.15, -0.1) is 0 Å². The molecule has 3 aliphatic heterocycles. The Morgan fingerprint density at radius 1 is 0.804 bits per heavy atom. The molecule has 248 valence electrons. The summed E-state index contributed by atoms with van der Waals surface area (Å²) < 4.78 is 25.1. The van der Waals surface area contributed by atoms with E-state index in [-0.39, 0.29) is 30.4 Å². The van der Waals surface area contributed by atoms with Gasteiger partial charge in [0.05, 0.1) is 32.0 Å². The Bertz CT molecular complexity index is 1310. The number of piperidine rings is 1. The number of urea groups is 1. The van der Waals surface area contributed by atoms with Gasteiger partial charge >= 0.3 is 6.03 Å². The Hall–Kier alpha value is -2.53. The van der Waals surface area contributed by atoms with E-state index in [1.54, 1.807) is 0 Å². The van der Waals surface area contributed by atoms with E-state index in [4.69, 9.17) is 18.9 Å². The molecule has 4 saturated carbocycles. The second kappa shape index (κ2) is 12.8. The van der Waals surface area contributed by atoms with E-state index in [9.17, 15) is 9.90 Å². The third-order valence-electron chi connectivity index (χ3n) is 11.6. The molecular weight excluding hydrogens is 582 g/mol. The number of amides is 2. The van der Waals surface area contributed by atoms with Crippen LogP contribution in [0.15, 0.2) is 48.5 Å². The molecule has 7 aliphatic rings. The lowest BCUT2D eigenvalue weighted by molar-refractivity contribution is -0.255. The fraction of sp³-hybridized carbons (Fsp3) is 0.649. The number of aliphatic hydroxyl groups is 1. The second-order valence-corrected chi connectivity index (χ2v) is 15.0. The zero-order valence-electron chi connectivity index (χ0n) is 26.8. The van der Waals surface area contributed by atoms with E-state index in [0.717, 1.165) is 98.2 Å². The normalized spacial score (nSPS) is 35.0. The van der Waals surface area contributed by atoms with Crippen molar-refractivity contribution in [2.75, 3.05) is 32.8 Å². The minimum absolute atomic E-state index is 0.00430. The van der Waals surface area contributed by atoms with Gasteiger partial charge in [-0.2, -0.15) is 0 Å². The highest BCUT2D eigenvalue weighted by molar-refractivity contribution is 5.75. The number of nitrogens with zero attached hydrogens (tertiary/aromatic N) is 1. The van der Waals surface area contributed by atoms with Crippen LogP contribution in [0.3, 0.4) is 0 Å². The summed E-state index contributed by atoms with van der Waals surface area (Å²) in [6.45, 7) is 4.53. The van der Waals surface area contributed by atoms with Crippen molar-refractivity contribution in [2.45, 2.75) is 101 Å². The van der Waals surface area contributed by atoms with Crippen LogP contribution in [0.25, 0.3) is 0 Å². The molecule has 46 heavy (non-hydrogen) atoms. The average molecular weight is 632 g/mol. The molecule has 3 saturated heterocycles. The number of hydrogen-bond acceptors (Lipinski definition) is 7. The molecule has 3 heterocycles. The van der Waals surface area contributed by atoms with Gasteiger partial charge in [-0.3, -0.25) is 0 Å². The van der Waals surface area contributed by atoms with Gasteiger partial charge in [0.2, 0.25) is 0 Å². The summed E-state index contributed by atoms with van der Waals surface area (Å²) in [5.41, 5.74) is 4.00. The van der Waals surface area contributed by atoms with Gasteiger partial charge in [0, 0.05) is 56.5 Å². The number of ether oxygens (including phenoxy) is 4. The predicted octanol–water partition coefficient (Wildman–Crippen LogP) is 5.33. The summed E-state index contributed by atoms with van der Waals surface area (Å²) in [6, 6.07) is 16.2. The summed E-state index contributed by atoms with van der Waals surface area (Å²) in [5, 5.41) is 16.1. The number of nitrogens with one attached hydrogen (secondary N) is 2. The van der Waals surface area contributed by atoms with Crippen LogP contribution in [0, 0.1) is 17.8 Å². The van der Waals surface area contributed by atoms with E-state index >= 15 is 0 Å². The number of carbonyl (C=O) groups excluding carboxylic acids is 1. The maximum absolute atomic E-state index is 13.0. The standard InChI is InChI=1S/C37H49N3O6/c41-24-26-3-5-30(6-4-26)33-18-32(23-40-11-9-37(10-12-40)43-13-14-44-37)45-34(46-33)31-7-1-25(2-8-31)22-38-35(42)39-36-19-27-15-28(20-36)17-29(16-27)21-36/h1-8,27-29,32-34,41H,9-24H2,(H2,38,39,42)/t27?,28?,29?,32-,33+,34+,36?/m0/s1. The van der Waals surface area contributed by atoms with Gasteiger partial charge in [0.1, 0.15) is 0 Å². The van der Waals surface area contributed by atoms with Crippen LogP contribution >= 0.6 is 0 Å². The lowest BCUT2D eigenvalue weighted by Gasteiger charge is -2.56. The molecule has 2 amide bonds. The molecule has 3 N–H and O–H groups in total. The molecule has 4 bridgehead atoms. The Morgan fingerprint density at radius 2 is 1.41 bits per heavy atom. The Labute approximate surface area is 272 Å². The van der Waals surface area contributed by atoms with Crippen LogP contribution in [-0.4, -0.2) is 66.3 Å². The molecule has 9 heteroatoms. The van der Waals surface area contributed by atoms with Crippen LogP contribution in [0.4, 0.5) is 4.79 Å². The van der Waals surface area contributed by atoms with Gasteiger partial charge in [-0.25, -0.2) is 4.79 Å². The van der Waals surface area contributed by atoms with E-state index in [2.05, 4.69) is 51.9 Å². The highest BCUT2D eigenvalue weighted by atomic mass is 16.7. The van der Waals surface area contributed by atoms with Crippen molar-refractivity contribution in [1.29, 1.82) is 0 Å². The minimum atomic E-state index is -0.500. The summed E-state index contributed by atoms with van der Waals surface area (Å²) in [6.07, 6.45) is 9.43. The first-order chi connectivity index (χ1) is 22.4. The van der Waals surface area contributed by atoms with Crippen LogP contribution in [-0.2, 0) is 32.1 Å². The lowest BCUT2D eigenvalue weighted by atomic mass is 9.53. The Kier molecular flexibility index (Phi) is 8.58. The SMILES string of the molecule is O=C(NCc1ccc([C@@H]2O[C@H](CN3CCC4(CC3)OCCO4)C[C@H](c3ccc(CO)cc3)O2)cc1)NC12CC3CC(CC(C3)C1)C2. The quantitative estimate of drug-likeness (QED) is 0.362. The summed E-state index contributed by atoms with van der Waals surface area (Å²) in [5.74, 6) is 2.01. The molecule has 4 aliphatic carbocycles. The number of carbonyl (C=O) groups is 1. The smallest absolute Gasteiger partial charge is 0.315 e. The monoisotopic (exact) mass is 631 g/mol. The van der Waals surface area contributed by atoms with E-state index in [0.29, 0.717) is 19.8 Å². The zero-order chi connectivity index (χ0) is 31.1. The summed E-state index contributed by atoms with van der Waals surface area (Å²) in [7, 11) is 0. The lowest BCUT2D eigenvalue weighted by Crippen LogP contribution is -2.61. The fourth-order valence-electron chi connectivity index (χ4n) is 9.71. The van der Waals surface area contributed by atoms with Crippen molar-refractivity contribution >= 4 is 6.03 Å². The minimum Gasteiger partial charge on any atom is -0.392 e. The molecule has 9 nitrogen and oxygen atoms in total. The highest BCUT2D eigenvalue weighted by Crippen LogP contribution is 2.55. The number of aliphatic hydroxyl groups excluding tert-OH is 1. The molecule has 0 aromatic heterocycles. The van der Waals surface area contributed by atoms with Gasteiger partial charge < -0.3 is 39.6 Å². The van der Waals surface area contributed by atoms with Crippen molar-refractivity contribution < 1.29 is 28.8 Å². The van der Waals surface area contributed by atoms with Crippen molar-refractivity contribution in [2.24, 2.45) is 17.8 Å². The topological polar surface area (TPSA) is 102 Å². The van der Waals surface area contributed by atoms with Gasteiger partial charge in [0.15, 0.2) is 12.1 Å². The van der Waals surface area contributed by atoms with Crippen molar-refractivity contribution in [1.82, 2.24) is 15.5 Å². The summed E-state index contributed by atoms with van der Waals surface area (Å²) >= 11 is 0. The summed E-state index contributed by atoms with van der Waals surface area (Å²) in [4.78, 5) is 15.5. The number of hydrogen-bond donors (Lipinski definition) is 3. The van der Waals surface area contributed by atoms with Gasteiger partial charge in [-0.05, 0) is 73.0 Å². The van der Waals surface area contributed by atoms with Crippen LogP contribution in [0.1, 0.15) is 92.4 Å². The molecule has 0 unspecified atom stereocenters. The van der Waals surface area contributed by atoms with Gasteiger partial charge in [-0.1, -0.05) is 48.5 Å². The number of benzene rings is 2. The average Bonchev–Trinajstić information content (AvgIpc) is 3.52. The van der Waals surface area contributed by atoms with E-state index < -0.39 is 12.1 Å². The predicted molar refractivity (Wildman–Crippen MR) is 171 cm³/mol. The molecular formula is C37H49N3O6. The first kappa shape index (κ1) is 30.8. The zero-order valence-corrected chi connectivity index (χ0v) is 26.8. The molecule has 1 spiro atoms. The third kappa shape index (κ3) is 6.60. The fourth-order valence-corrected chi connectivity index (χ4v) is 9.71. The maximum atomic E-state index is 13.0.